The second kappa shape index (κ2) is 4.99. The van der Waals surface area contributed by atoms with Crippen LogP contribution in [0.2, 0.25) is 0 Å². The third-order valence-electron chi connectivity index (χ3n) is 1.90. The normalized spacial score (nSPS) is 11.1. The van der Waals surface area contributed by atoms with Crippen LogP contribution < -0.4 is 5.56 Å². The minimum Gasteiger partial charge on any atom is -0.459 e. The smallest absolute Gasteiger partial charge is 0.326 e. The Labute approximate surface area is 103 Å². The number of carbonyl (C=O) groups excluding carboxylic acids is 1. The maximum absolute atomic E-state index is 11.5. The van der Waals surface area contributed by atoms with Crippen molar-refractivity contribution >= 4 is 11.7 Å². The van der Waals surface area contributed by atoms with E-state index in [2.05, 4.69) is 0 Å². The van der Waals surface area contributed by atoms with Crippen molar-refractivity contribution in [3.05, 3.63) is 38.8 Å². The monoisotopic (exact) mass is 254 g/mol. The van der Waals surface area contributed by atoms with Crippen molar-refractivity contribution in [2.75, 3.05) is 0 Å². The van der Waals surface area contributed by atoms with E-state index in [-0.39, 0.29) is 12.2 Å². The fourth-order valence-corrected chi connectivity index (χ4v) is 1.26. The molecule has 1 aromatic rings. The number of rotatable bonds is 3. The molecule has 18 heavy (non-hydrogen) atoms. The first-order valence-electron chi connectivity index (χ1n) is 5.26. The number of esters is 1. The fraction of sp³-hybridized carbons (Fsp3) is 0.455. The molecular formula is C11H14N2O5. The van der Waals surface area contributed by atoms with Crippen molar-refractivity contribution in [2.45, 2.75) is 32.9 Å². The zero-order chi connectivity index (χ0) is 13.9. The summed E-state index contributed by atoms with van der Waals surface area (Å²) < 4.78 is 5.98. The molecule has 0 atom stereocenters. The molecular weight excluding hydrogens is 240 g/mol. The van der Waals surface area contributed by atoms with Crippen LogP contribution in [0.5, 0.6) is 0 Å². The maximum atomic E-state index is 11.5. The van der Waals surface area contributed by atoms with E-state index in [0.717, 1.165) is 22.9 Å². The molecule has 7 nitrogen and oxygen atoms in total. The number of ether oxygens (including phenoxy) is 1. The second-order valence-corrected chi connectivity index (χ2v) is 4.70. The van der Waals surface area contributed by atoms with Crippen LogP contribution in [0, 0.1) is 10.1 Å². The maximum Gasteiger partial charge on any atom is 0.326 e. The minimum atomic E-state index is -0.665. The highest BCUT2D eigenvalue weighted by molar-refractivity contribution is 5.69. The van der Waals surface area contributed by atoms with Crippen LogP contribution in [-0.2, 0) is 16.1 Å². The summed E-state index contributed by atoms with van der Waals surface area (Å²) in [7, 11) is 0. The van der Waals surface area contributed by atoms with E-state index >= 15 is 0 Å². The molecule has 1 aromatic heterocycles. The highest BCUT2D eigenvalue weighted by Gasteiger charge is 2.17. The molecule has 98 valence electrons. The van der Waals surface area contributed by atoms with Gasteiger partial charge < -0.3 is 4.74 Å². The largest absolute Gasteiger partial charge is 0.459 e. The predicted molar refractivity (Wildman–Crippen MR) is 63.2 cm³/mol. The molecule has 7 heteroatoms. The molecule has 0 aliphatic carbocycles. The molecule has 0 saturated carbocycles. The zero-order valence-electron chi connectivity index (χ0n) is 10.4. The Kier molecular flexibility index (Phi) is 3.85. The summed E-state index contributed by atoms with van der Waals surface area (Å²) in [5.41, 5.74) is -1.41. The standard InChI is InChI=1S/C11H14N2O5/c1-11(2,3)18-10(15)7-12-6-8(13(16)17)4-5-9(12)14/h4-6H,7H2,1-3H3. The molecule has 0 bridgehead atoms. The van der Waals surface area contributed by atoms with Crippen LogP contribution in [0.25, 0.3) is 0 Å². The lowest BCUT2D eigenvalue weighted by atomic mass is 10.2. The van der Waals surface area contributed by atoms with Crippen LogP contribution in [0.4, 0.5) is 5.69 Å². The molecule has 0 aliphatic heterocycles. The van der Waals surface area contributed by atoms with E-state index in [1.165, 1.54) is 0 Å². The number of carbonyl (C=O) groups is 1. The molecule has 1 rings (SSSR count). The topological polar surface area (TPSA) is 91.4 Å². The van der Waals surface area contributed by atoms with Gasteiger partial charge in [-0.25, -0.2) is 0 Å². The number of pyridine rings is 1. The zero-order valence-corrected chi connectivity index (χ0v) is 10.4. The van der Waals surface area contributed by atoms with Gasteiger partial charge >= 0.3 is 5.97 Å². The van der Waals surface area contributed by atoms with Gasteiger partial charge in [0.15, 0.2) is 0 Å². The van der Waals surface area contributed by atoms with Gasteiger partial charge in [-0.2, -0.15) is 0 Å². The lowest BCUT2D eigenvalue weighted by Gasteiger charge is -2.19. The summed E-state index contributed by atoms with van der Waals surface area (Å²) in [4.78, 5) is 32.9. The Balaban J connectivity index is 2.91. The lowest BCUT2D eigenvalue weighted by Crippen LogP contribution is -2.30. The molecule has 0 aliphatic rings. The van der Waals surface area contributed by atoms with Gasteiger partial charge in [0.25, 0.3) is 11.2 Å². The van der Waals surface area contributed by atoms with Crippen LogP contribution in [-0.4, -0.2) is 21.1 Å². The van der Waals surface area contributed by atoms with E-state index in [1.807, 2.05) is 0 Å². The summed E-state index contributed by atoms with van der Waals surface area (Å²) in [6, 6.07) is 2.14. The molecule has 0 unspecified atom stereocenters. The molecule has 0 spiro atoms. The SMILES string of the molecule is CC(C)(C)OC(=O)Cn1cc([N+](=O)[O-])ccc1=O. The number of nitrogens with zero attached hydrogens (tertiary/aromatic N) is 2. The Hall–Kier alpha value is -2.18. The van der Waals surface area contributed by atoms with E-state index < -0.39 is 22.1 Å². The van der Waals surface area contributed by atoms with Crippen molar-refractivity contribution in [3.63, 3.8) is 0 Å². The van der Waals surface area contributed by atoms with Gasteiger partial charge in [-0.3, -0.25) is 24.3 Å². The highest BCUT2D eigenvalue weighted by Crippen LogP contribution is 2.09. The molecule has 1 heterocycles. The Morgan fingerprint density at radius 1 is 1.44 bits per heavy atom. The van der Waals surface area contributed by atoms with Gasteiger partial charge in [-0.05, 0) is 20.8 Å². The van der Waals surface area contributed by atoms with Gasteiger partial charge in [0.05, 0.1) is 11.1 Å². The van der Waals surface area contributed by atoms with E-state index in [0.29, 0.717) is 0 Å². The van der Waals surface area contributed by atoms with Crippen molar-refractivity contribution in [1.82, 2.24) is 4.57 Å². The first-order chi connectivity index (χ1) is 8.19. The van der Waals surface area contributed by atoms with E-state index in [9.17, 15) is 19.7 Å². The predicted octanol–water partition coefficient (Wildman–Crippen LogP) is 1.10. The molecule has 0 aromatic carbocycles. The van der Waals surface area contributed by atoms with Crippen LogP contribution in [0.3, 0.4) is 0 Å². The summed E-state index contributed by atoms with van der Waals surface area (Å²) in [6.45, 7) is 4.74. The molecule has 0 fully saturated rings. The molecule has 0 saturated heterocycles. The number of hydrogen-bond donors (Lipinski definition) is 0. The Bertz CT molecular complexity index is 527. The van der Waals surface area contributed by atoms with E-state index in [1.54, 1.807) is 20.8 Å². The number of hydrogen-bond acceptors (Lipinski definition) is 5. The van der Waals surface area contributed by atoms with Crippen molar-refractivity contribution in [2.24, 2.45) is 0 Å². The third kappa shape index (κ3) is 4.00. The highest BCUT2D eigenvalue weighted by atomic mass is 16.6. The van der Waals surface area contributed by atoms with Crippen LogP contribution >= 0.6 is 0 Å². The third-order valence-corrected chi connectivity index (χ3v) is 1.90. The first-order valence-corrected chi connectivity index (χ1v) is 5.26. The minimum absolute atomic E-state index is 0.252. The quantitative estimate of drug-likeness (QED) is 0.457. The summed E-state index contributed by atoms with van der Waals surface area (Å²) in [5.74, 6) is -0.620. The summed E-state index contributed by atoms with van der Waals surface area (Å²) >= 11 is 0. The molecule has 0 radical (unpaired) electrons. The Morgan fingerprint density at radius 3 is 2.56 bits per heavy atom. The fourth-order valence-electron chi connectivity index (χ4n) is 1.26. The van der Waals surface area contributed by atoms with Crippen LogP contribution in [0.1, 0.15) is 20.8 Å². The lowest BCUT2D eigenvalue weighted by molar-refractivity contribution is -0.385. The summed E-state index contributed by atoms with van der Waals surface area (Å²) in [5, 5.41) is 10.6. The van der Waals surface area contributed by atoms with Crippen molar-refractivity contribution in [3.8, 4) is 0 Å². The van der Waals surface area contributed by atoms with Gasteiger partial charge in [-0.1, -0.05) is 0 Å². The molecule has 0 N–H and O–H groups in total. The second-order valence-electron chi connectivity index (χ2n) is 4.70. The van der Waals surface area contributed by atoms with Crippen LogP contribution in [0.15, 0.2) is 23.1 Å². The van der Waals surface area contributed by atoms with Gasteiger partial charge in [-0.15, -0.1) is 0 Å². The Morgan fingerprint density at radius 2 is 2.06 bits per heavy atom. The van der Waals surface area contributed by atoms with E-state index in [4.69, 9.17) is 4.74 Å². The summed E-state index contributed by atoms with van der Waals surface area (Å²) in [6.07, 6.45) is 1.02. The number of nitro groups is 1. The number of aromatic nitrogens is 1. The van der Waals surface area contributed by atoms with Gasteiger partial charge in [0.1, 0.15) is 12.1 Å². The van der Waals surface area contributed by atoms with Crippen molar-refractivity contribution in [1.29, 1.82) is 0 Å². The van der Waals surface area contributed by atoms with Gasteiger partial charge in [0.2, 0.25) is 0 Å². The van der Waals surface area contributed by atoms with Gasteiger partial charge in [0, 0.05) is 12.1 Å². The first kappa shape index (κ1) is 13.9. The molecule has 0 amide bonds. The average molecular weight is 254 g/mol. The van der Waals surface area contributed by atoms with Crippen molar-refractivity contribution < 1.29 is 14.5 Å². The average Bonchev–Trinajstić information content (AvgIpc) is 2.18.